The molecule has 1 aromatic rings. The summed E-state index contributed by atoms with van der Waals surface area (Å²) in [6.07, 6.45) is 1.97. The molecular formula is C11H14F2N2O2. The molecule has 0 radical (unpaired) electrons. The monoisotopic (exact) mass is 244 g/mol. The molecule has 0 bridgehead atoms. The van der Waals surface area contributed by atoms with Crippen molar-refractivity contribution < 1.29 is 18.3 Å². The summed E-state index contributed by atoms with van der Waals surface area (Å²) in [5.74, 6) is 0.252. The van der Waals surface area contributed by atoms with E-state index in [9.17, 15) is 13.6 Å². The normalized spacial score (nSPS) is 13.9. The molecule has 2 rings (SSSR count). The summed E-state index contributed by atoms with van der Waals surface area (Å²) in [5, 5.41) is 0. The Kier molecular flexibility index (Phi) is 5.45. The molecule has 0 atom stereocenters. The average Bonchev–Trinajstić information content (AvgIpc) is 3.15. The van der Waals surface area contributed by atoms with Gasteiger partial charge in [0.15, 0.2) is 0 Å². The van der Waals surface area contributed by atoms with E-state index in [0.29, 0.717) is 6.61 Å². The fraction of sp³-hybridized carbons (Fsp3) is 0.545. The van der Waals surface area contributed by atoms with E-state index in [1.807, 2.05) is 6.92 Å². The fourth-order valence-electron chi connectivity index (χ4n) is 1.01. The van der Waals surface area contributed by atoms with Crippen LogP contribution in [0.2, 0.25) is 0 Å². The van der Waals surface area contributed by atoms with Crippen LogP contribution in [0, 0.1) is 5.92 Å². The van der Waals surface area contributed by atoms with E-state index >= 15 is 0 Å². The Balaban J connectivity index is 0.000000171. The van der Waals surface area contributed by atoms with Crippen molar-refractivity contribution in [3.8, 4) is 0 Å². The van der Waals surface area contributed by atoms with Crippen LogP contribution in [0.15, 0.2) is 18.6 Å². The Bertz CT molecular complexity index is 343. The summed E-state index contributed by atoms with van der Waals surface area (Å²) in [6.45, 7) is 2.36. The maximum Gasteiger partial charge on any atom is 0.308 e. The second-order valence-electron chi connectivity index (χ2n) is 3.46. The lowest BCUT2D eigenvalue weighted by Crippen LogP contribution is -2.04. The SMILES string of the molecule is CCOC(=O)C1CC1.FC(F)c1ccncn1. The van der Waals surface area contributed by atoms with Crippen LogP contribution in [0.5, 0.6) is 0 Å². The largest absolute Gasteiger partial charge is 0.466 e. The first-order valence-corrected chi connectivity index (χ1v) is 5.35. The maximum absolute atomic E-state index is 11.7. The molecule has 1 fully saturated rings. The van der Waals surface area contributed by atoms with Crippen molar-refractivity contribution in [2.45, 2.75) is 26.2 Å². The minimum atomic E-state index is -2.49. The molecule has 0 spiro atoms. The number of carbonyl (C=O) groups is 1. The standard InChI is InChI=1S/C6H10O2.C5H4F2N2/c1-2-8-6(7)5-3-4-5;6-5(7)4-1-2-8-3-9-4/h5H,2-4H2,1H3;1-3,5H. The highest BCUT2D eigenvalue weighted by Crippen LogP contribution is 2.29. The van der Waals surface area contributed by atoms with E-state index in [1.165, 1.54) is 12.3 Å². The van der Waals surface area contributed by atoms with Crippen molar-refractivity contribution in [1.29, 1.82) is 0 Å². The molecule has 0 aliphatic heterocycles. The van der Waals surface area contributed by atoms with Gasteiger partial charge in [-0.3, -0.25) is 4.79 Å². The number of nitrogens with zero attached hydrogens (tertiary/aromatic N) is 2. The van der Waals surface area contributed by atoms with Gasteiger partial charge in [-0.1, -0.05) is 0 Å². The summed E-state index contributed by atoms with van der Waals surface area (Å²) in [4.78, 5) is 17.4. The quantitative estimate of drug-likeness (QED) is 0.766. The van der Waals surface area contributed by atoms with E-state index in [4.69, 9.17) is 4.74 Å². The highest BCUT2D eigenvalue weighted by atomic mass is 19.3. The number of ether oxygens (including phenoxy) is 1. The van der Waals surface area contributed by atoms with Crippen LogP contribution in [0.3, 0.4) is 0 Å². The lowest BCUT2D eigenvalue weighted by atomic mass is 10.4. The lowest BCUT2D eigenvalue weighted by Gasteiger charge is -1.95. The first-order chi connectivity index (χ1) is 8.15. The van der Waals surface area contributed by atoms with Crippen molar-refractivity contribution in [2.75, 3.05) is 6.61 Å². The molecule has 1 aliphatic carbocycles. The number of esters is 1. The predicted octanol–water partition coefficient (Wildman–Crippen LogP) is 2.37. The molecule has 17 heavy (non-hydrogen) atoms. The zero-order valence-electron chi connectivity index (χ0n) is 9.47. The van der Waals surface area contributed by atoms with Gasteiger partial charge in [-0.15, -0.1) is 0 Å². The topological polar surface area (TPSA) is 52.1 Å². The molecule has 0 N–H and O–H groups in total. The van der Waals surface area contributed by atoms with Crippen molar-refractivity contribution >= 4 is 5.97 Å². The number of rotatable bonds is 3. The van der Waals surface area contributed by atoms with Gasteiger partial charge in [0.1, 0.15) is 12.0 Å². The third-order valence-corrected chi connectivity index (χ3v) is 2.03. The minimum absolute atomic E-state index is 0.00694. The number of alkyl halides is 2. The Hall–Kier alpha value is -1.59. The summed E-state index contributed by atoms with van der Waals surface area (Å²) >= 11 is 0. The Morgan fingerprint density at radius 2 is 2.29 bits per heavy atom. The maximum atomic E-state index is 11.7. The Morgan fingerprint density at radius 3 is 2.65 bits per heavy atom. The lowest BCUT2D eigenvalue weighted by molar-refractivity contribution is -0.144. The molecule has 6 heteroatoms. The third-order valence-electron chi connectivity index (χ3n) is 2.03. The van der Waals surface area contributed by atoms with Gasteiger partial charge < -0.3 is 4.74 Å². The van der Waals surface area contributed by atoms with Crippen molar-refractivity contribution in [3.05, 3.63) is 24.3 Å². The zero-order chi connectivity index (χ0) is 12.7. The van der Waals surface area contributed by atoms with E-state index < -0.39 is 6.43 Å². The molecule has 0 saturated heterocycles. The van der Waals surface area contributed by atoms with E-state index in [-0.39, 0.29) is 17.6 Å². The average molecular weight is 244 g/mol. The van der Waals surface area contributed by atoms with Crippen LogP contribution in [0.4, 0.5) is 8.78 Å². The highest BCUT2D eigenvalue weighted by molar-refractivity contribution is 5.74. The van der Waals surface area contributed by atoms with Crippen LogP contribution in [-0.4, -0.2) is 22.5 Å². The van der Waals surface area contributed by atoms with Crippen molar-refractivity contribution in [3.63, 3.8) is 0 Å². The van der Waals surface area contributed by atoms with Gasteiger partial charge in [-0.05, 0) is 25.8 Å². The molecule has 94 valence electrons. The zero-order valence-corrected chi connectivity index (χ0v) is 9.47. The minimum Gasteiger partial charge on any atom is -0.466 e. The van der Waals surface area contributed by atoms with Crippen LogP contribution in [0.25, 0.3) is 0 Å². The Morgan fingerprint density at radius 1 is 1.59 bits per heavy atom. The molecule has 1 saturated carbocycles. The third kappa shape index (κ3) is 5.33. The van der Waals surface area contributed by atoms with E-state index in [2.05, 4.69) is 9.97 Å². The number of aromatic nitrogens is 2. The molecule has 1 heterocycles. The molecular weight excluding hydrogens is 230 g/mol. The number of hydrogen-bond donors (Lipinski definition) is 0. The molecule has 1 aromatic heterocycles. The first-order valence-electron chi connectivity index (χ1n) is 5.35. The van der Waals surface area contributed by atoms with Crippen LogP contribution >= 0.6 is 0 Å². The van der Waals surface area contributed by atoms with Gasteiger partial charge in [0.25, 0.3) is 6.43 Å². The van der Waals surface area contributed by atoms with Crippen molar-refractivity contribution in [2.24, 2.45) is 5.92 Å². The number of halogens is 2. The molecule has 0 unspecified atom stereocenters. The van der Waals surface area contributed by atoms with Gasteiger partial charge in [0.05, 0.1) is 12.5 Å². The van der Waals surface area contributed by atoms with Crippen LogP contribution < -0.4 is 0 Å². The van der Waals surface area contributed by atoms with E-state index in [1.54, 1.807) is 0 Å². The number of hydrogen-bond acceptors (Lipinski definition) is 4. The number of carbonyl (C=O) groups excluding carboxylic acids is 1. The molecule has 4 nitrogen and oxygen atoms in total. The summed E-state index contributed by atoms with van der Waals surface area (Å²) in [7, 11) is 0. The van der Waals surface area contributed by atoms with Gasteiger partial charge in [0.2, 0.25) is 0 Å². The van der Waals surface area contributed by atoms with E-state index in [0.717, 1.165) is 19.2 Å². The molecule has 1 aliphatic rings. The summed E-state index contributed by atoms with van der Waals surface area (Å²) < 4.78 is 28.1. The predicted molar refractivity (Wildman–Crippen MR) is 56.3 cm³/mol. The van der Waals surface area contributed by atoms with Gasteiger partial charge >= 0.3 is 5.97 Å². The highest BCUT2D eigenvalue weighted by Gasteiger charge is 2.30. The van der Waals surface area contributed by atoms with Crippen LogP contribution in [-0.2, 0) is 9.53 Å². The van der Waals surface area contributed by atoms with Gasteiger partial charge in [-0.2, -0.15) is 0 Å². The smallest absolute Gasteiger partial charge is 0.308 e. The second kappa shape index (κ2) is 6.88. The first kappa shape index (κ1) is 13.5. The van der Waals surface area contributed by atoms with Crippen LogP contribution in [0.1, 0.15) is 31.9 Å². The summed E-state index contributed by atoms with van der Waals surface area (Å²) in [5.41, 5.74) is -0.231. The summed E-state index contributed by atoms with van der Waals surface area (Å²) in [6, 6.07) is 1.19. The molecule has 0 aromatic carbocycles. The molecule has 0 amide bonds. The fourth-order valence-corrected chi connectivity index (χ4v) is 1.01. The second-order valence-corrected chi connectivity index (χ2v) is 3.46. The Labute approximate surface area is 98.0 Å². The van der Waals surface area contributed by atoms with Gasteiger partial charge in [-0.25, -0.2) is 18.7 Å². The van der Waals surface area contributed by atoms with Crippen molar-refractivity contribution in [1.82, 2.24) is 9.97 Å². The van der Waals surface area contributed by atoms with Gasteiger partial charge in [0, 0.05) is 6.20 Å².